The van der Waals surface area contributed by atoms with Crippen LogP contribution in [0.3, 0.4) is 0 Å². The maximum atomic E-state index is 13.8. The molecule has 1 aromatic heterocycles. The molecule has 0 spiro atoms. The topological polar surface area (TPSA) is 48.9 Å². The summed E-state index contributed by atoms with van der Waals surface area (Å²) < 4.78 is 41.3. The van der Waals surface area contributed by atoms with Crippen molar-refractivity contribution in [1.29, 1.82) is 0 Å². The molecule has 0 bridgehead atoms. The van der Waals surface area contributed by atoms with Crippen molar-refractivity contribution in [3.63, 3.8) is 0 Å². The second-order valence-corrected chi connectivity index (χ2v) is 8.76. The number of alkyl halides is 3. The number of rotatable bonds is 3. The number of aromatic amines is 1. The van der Waals surface area contributed by atoms with Crippen LogP contribution in [0.4, 0.5) is 13.2 Å². The molecule has 0 fully saturated rings. The van der Waals surface area contributed by atoms with Crippen molar-refractivity contribution >= 4 is 23.2 Å². The summed E-state index contributed by atoms with van der Waals surface area (Å²) in [5, 5.41) is 10.1. The fraction of sp³-hybridized carbons (Fsp3) is 0.192. The molecule has 0 aliphatic heterocycles. The van der Waals surface area contributed by atoms with Crippen molar-refractivity contribution in [3.05, 3.63) is 83.2 Å². The monoisotopic (exact) mass is 436 g/mol. The molecule has 32 heavy (non-hydrogen) atoms. The average molecular weight is 436 g/mol. The Morgan fingerprint density at radius 2 is 1.56 bits per heavy atom. The molecule has 0 saturated heterocycles. The zero-order chi connectivity index (χ0) is 23.1. The number of benzene rings is 3. The normalized spacial score (nSPS) is 12.7. The summed E-state index contributed by atoms with van der Waals surface area (Å²) in [5.74, 6) is 0.231. The molecule has 0 amide bonds. The Balaban J connectivity index is 1.73. The van der Waals surface area contributed by atoms with Gasteiger partial charge in [-0.25, -0.2) is 4.98 Å². The van der Waals surface area contributed by atoms with Crippen molar-refractivity contribution in [2.75, 3.05) is 0 Å². The molecule has 0 unspecified atom stereocenters. The number of imidazole rings is 1. The lowest BCUT2D eigenvalue weighted by Gasteiger charge is -2.18. The lowest BCUT2D eigenvalue weighted by molar-refractivity contribution is -0.137. The fourth-order valence-electron chi connectivity index (χ4n) is 3.58. The van der Waals surface area contributed by atoms with E-state index >= 15 is 0 Å². The first-order valence-electron chi connectivity index (χ1n) is 10.2. The molecule has 0 atom stereocenters. The largest absolute Gasteiger partial charge is 0.507 e. The number of phenolic OH excluding ortho intramolecular Hbond substituents is 1. The highest BCUT2D eigenvalue weighted by Crippen LogP contribution is 2.41. The molecule has 4 aromatic rings. The number of nitrogens with one attached hydrogen (secondary N) is 1. The van der Waals surface area contributed by atoms with Crippen LogP contribution in [0.15, 0.2) is 60.7 Å². The summed E-state index contributed by atoms with van der Waals surface area (Å²) in [6.45, 7) is 6.43. The first-order chi connectivity index (χ1) is 15.0. The maximum absolute atomic E-state index is 13.8. The van der Waals surface area contributed by atoms with Crippen LogP contribution in [0, 0.1) is 0 Å². The van der Waals surface area contributed by atoms with Gasteiger partial charge in [0.1, 0.15) is 11.6 Å². The summed E-state index contributed by atoms with van der Waals surface area (Å²) >= 11 is 0. The standard InChI is InChI=1S/C26H23F3N2O/c1-25(2,3)17-11-8-16(9-12-17)10-13-24-30-21-14-19(18-6-4-5-7-23(18)32)20(26(27,28)29)15-22(21)31-24/h4-15,32H,1-3H3,(H,30,31)/b13-10+. The van der Waals surface area contributed by atoms with Gasteiger partial charge in [-0.1, -0.05) is 69.3 Å². The van der Waals surface area contributed by atoms with E-state index < -0.39 is 11.7 Å². The van der Waals surface area contributed by atoms with Gasteiger partial charge >= 0.3 is 6.18 Å². The Bertz CT molecular complexity index is 1290. The smallest absolute Gasteiger partial charge is 0.417 e. The second-order valence-electron chi connectivity index (χ2n) is 8.76. The van der Waals surface area contributed by atoms with E-state index in [1.807, 2.05) is 18.2 Å². The average Bonchev–Trinajstić information content (AvgIpc) is 3.13. The summed E-state index contributed by atoms with van der Waals surface area (Å²) in [4.78, 5) is 7.38. The third-order valence-corrected chi connectivity index (χ3v) is 5.35. The van der Waals surface area contributed by atoms with Gasteiger partial charge in [-0.2, -0.15) is 13.2 Å². The van der Waals surface area contributed by atoms with Crippen molar-refractivity contribution < 1.29 is 18.3 Å². The molecular weight excluding hydrogens is 413 g/mol. The molecular formula is C26H23F3N2O. The molecule has 3 aromatic carbocycles. The van der Waals surface area contributed by atoms with Gasteiger partial charge in [-0.15, -0.1) is 0 Å². The van der Waals surface area contributed by atoms with E-state index in [4.69, 9.17) is 0 Å². The summed E-state index contributed by atoms with van der Waals surface area (Å²) in [5.41, 5.74) is 2.08. The second kappa shape index (κ2) is 7.86. The Labute approximate surface area is 184 Å². The first kappa shape index (κ1) is 21.7. The van der Waals surface area contributed by atoms with Crippen molar-refractivity contribution in [1.82, 2.24) is 9.97 Å². The Morgan fingerprint density at radius 1 is 0.875 bits per heavy atom. The number of aromatic nitrogens is 2. The van der Waals surface area contributed by atoms with Gasteiger partial charge in [0.25, 0.3) is 0 Å². The van der Waals surface area contributed by atoms with Crippen LogP contribution in [0.25, 0.3) is 34.3 Å². The van der Waals surface area contributed by atoms with Gasteiger partial charge in [0.15, 0.2) is 0 Å². The molecule has 0 aliphatic rings. The van der Waals surface area contributed by atoms with Crippen molar-refractivity contribution in [2.24, 2.45) is 0 Å². The molecule has 4 rings (SSSR count). The van der Waals surface area contributed by atoms with E-state index in [-0.39, 0.29) is 27.8 Å². The van der Waals surface area contributed by atoms with Gasteiger partial charge in [0.05, 0.1) is 16.6 Å². The van der Waals surface area contributed by atoms with E-state index in [2.05, 4.69) is 42.9 Å². The highest BCUT2D eigenvalue weighted by molar-refractivity contribution is 5.87. The van der Waals surface area contributed by atoms with E-state index in [9.17, 15) is 18.3 Å². The molecule has 2 N–H and O–H groups in total. The quantitative estimate of drug-likeness (QED) is 0.351. The summed E-state index contributed by atoms with van der Waals surface area (Å²) in [7, 11) is 0. The number of fused-ring (bicyclic) bond motifs is 1. The van der Waals surface area contributed by atoms with Gasteiger partial charge < -0.3 is 10.1 Å². The Kier molecular flexibility index (Phi) is 5.33. The SMILES string of the molecule is CC(C)(C)c1ccc(/C=C/c2nc3cc(-c4ccccc4O)c(C(F)(F)F)cc3[nH]2)cc1. The molecule has 164 valence electrons. The minimum Gasteiger partial charge on any atom is -0.507 e. The third kappa shape index (κ3) is 4.40. The van der Waals surface area contributed by atoms with Crippen molar-refractivity contribution in [3.8, 4) is 16.9 Å². The van der Waals surface area contributed by atoms with E-state index in [1.165, 1.54) is 23.8 Å². The number of phenols is 1. The molecule has 1 heterocycles. The number of hydrogen-bond acceptors (Lipinski definition) is 2. The molecule has 0 radical (unpaired) electrons. The Hall–Kier alpha value is -3.54. The highest BCUT2D eigenvalue weighted by atomic mass is 19.4. The van der Waals surface area contributed by atoms with Gasteiger partial charge in [0.2, 0.25) is 0 Å². The maximum Gasteiger partial charge on any atom is 0.417 e. The number of aromatic hydroxyl groups is 1. The van der Waals surface area contributed by atoms with Crippen LogP contribution >= 0.6 is 0 Å². The number of hydrogen-bond donors (Lipinski definition) is 2. The minimum atomic E-state index is -4.58. The van der Waals surface area contributed by atoms with E-state index in [0.717, 1.165) is 11.6 Å². The van der Waals surface area contributed by atoms with Crippen molar-refractivity contribution in [2.45, 2.75) is 32.4 Å². The fourth-order valence-corrected chi connectivity index (χ4v) is 3.58. The van der Waals surface area contributed by atoms with Crippen LogP contribution in [-0.2, 0) is 11.6 Å². The van der Waals surface area contributed by atoms with E-state index in [1.54, 1.807) is 18.2 Å². The van der Waals surface area contributed by atoms with Crippen LogP contribution in [-0.4, -0.2) is 15.1 Å². The molecule has 3 nitrogen and oxygen atoms in total. The number of H-pyrrole nitrogens is 1. The zero-order valence-corrected chi connectivity index (χ0v) is 18.0. The zero-order valence-electron chi connectivity index (χ0n) is 18.0. The van der Waals surface area contributed by atoms with E-state index in [0.29, 0.717) is 11.3 Å². The predicted octanol–water partition coefficient (Wildman–Crippen LogP) is 7.42. The summed E-state index contributed by atoms with van der Waals surface area (Å²) in [6, 6.07) is 16.5. The molecule has 6 heteroatoms. The Morgan fingerprint density at radius 3 is 2.19 bits per heavy atom. The summed E-state index contributed by atoms with van der Waals surface area (Å²) in [6.07, 6.45) is -0.987. The lowest BCUT2D eigenvalue weighted by atomic mass is 9.87. The van der Waals surface area contributed by atoms with Crippen LogP contribution in [0.5, 0.6) is 5.75 Å². The predicted molar refractivity (Wildman–Crippen MR) is 122 cm³/mol. The number of para-hydroxylation sites is 1. The number of nitrogens with zero attached hydrogens (tertiary/aromatic N) is 1. The lowest BCUT2D eigenvalue weighted by Crippen LogP contribution is -2.10. The first-order valence-corrected chi connectivity index (χ1v) is 10.2. The van der Waals surface area contributed by atoms with Gasteiger partial charge in [-0.3, -0.25) is 0 Å². The minimum absolute atomic E-state index is 0.0576. The highest BCUT2D eigenvalue weighted by Gasteiger charge is 2.35. The van der Waals surface area contributed by atoms with Gasteiger partial charge in [0, 0.05) is 5.56 Å². The number of halogens is 3. The third-order valence-electron chi connectivity index (χ3n) is 5.35. The molecule has 0 saturated carbocycles. The van der Waals surface area contributed by atoms with Crippen LogP contribution < -0.4 is 0 Å². The molecule has 0 aliphatic carbocycles. The van der Waals surface area contributed by atoms with Gasteiger partial charge in [-0.05, 0) is 46.4 Å². The van der Waals surface area contributed by atoms with Crippen LogP contribution in [0.1, 0.15) is 43.3 Å². The van der Waals surface area contributed by atoms with Crippen LogP contribution in [0.2, 0.25) is 0 Å².